The lowest BCUT2D eigenvalue weighted by molar-refractivity contribution is 0.0698. The Labute approximate surface area is 106 Å². The van der Waals surface area contributed by atoms with Gasteiger partial charge < -0.3 is 4.74 Å². The molecule has 0 heterocycles. The van der Waals surface area contributed by atoms with Crippen LogP contribution in [0.25, 0.3) is 0 Å². The molecule has 1 saturated carbocycles. The number of rotatable bonds is 4. The predicted molar refractivity (Wildman–Crippen MR) is 71.1 cm³/mol. The molecular weight excluding hydrogens is 220 g/mol. The summed E-state index contributed by atoms with van der Waals surface area (Å²) in [6.07, 6.45) is 6.35. The second kappa shape index (κ2) is 5.73. The molecule has 0 aliphatic heterocycles. The van der Waals surface area contributed by atoms with Crippen LogP contribution < -0.4 is 0 Å². The van der Waals surface area contributed by atoms with Crippen molar-refractivity contribution in [2.75, 3.05) is 19.6 Å². The van der Waals surface area contributed by atoms with Crippen molar-refractivity contribution in [1.29, 1.82) is 0 Å². The van der Waals surface area contributed by atoms with E-state index in [1.165, 1.54) is 25.7 Å². The summed E-state index contributed by atoms with van der Waals surface area (Å²) in [4.78, 5) is 0. The van der Waals surface area contributed by atoms with Gasteiger partial charge in [-0.3, -0.25) is 0 Å². The normalized spacial score (nSPS) is 31.7. The Morgan fingerprint density at radius 2 is 1.81 bits per heavy atom. The molecule has 0 N–H and O–H groups in total. The molecule has 0 saturated heterocycles. The number of ether oxygens (including phenoxy) is 1. The van der Waals surface area contributed by atoms with Crippen LogP contribution in [0.1, 0.15) is 52.9 Å². The minimum absolute atomic E-state index is 0.360. The van der Waals surface area contributed by atoms with Gasteiger partial charge in [0.05, 0.1) is 0 Å². The fourth-order valence-electron chi connectivity index (χ4n) is 2.87. The first kappa shape index (κ1) is 14.3. The van der Waals surface area contributed by atoms with Crippen LogP contribution >= 0.6 is 11.6 Å². The largest absolute Gasteiger partial charge is 0.385 e. The maximum absolute atomic E-state index is 6.18. The van der Waals surface area contributed by atoms with Gasteiger partial charge in [0.2, 0.25) is 0 Å². The highest BCUT2D eigenvalue weighted by Crippen LogP contribution is 2.47. The van der Waals surface area contributed by atoms with Crippen molar-refractivity contribution in [3.05, 3.63) is 0 Å². The van der Waals surface area contributed by atoms with Crippen LogP contribution in [0.2, 0.25) is 0 Å². The van der Waals surface area contributed by atoms with Crippen LogP contribution in [0.5, 0.6) is 0 Å². The molecule has 1 aliphatic carbocycles. The summed E-state index contributed by atoms with van der Waals surface area (Å²) in [5.41, 5.74) is 0.818. The fourth-order valence-corrected chi connectivity index (χ4v) is 3.27. The molecule has 1 rings (SSSR count). The molecule has 0 aromatic carbocycles. The molecule has 0 spiro atoms. The lowest BCUT2D eigenvalue weighted by atomic mass is 9.64. The highest BCUT2D eigenvalue weighted by Gasteiger charge is 2.37. The van der Waals surface area contributed by atoms with Crippen molar-refractivity contribution in [2.24, 2.45) is 16.7 Å². The lowest BCUT2D eigenvalue weighted by Crippen LogP contribution is -2.34. The van der Waals surface area contributed by atoms with Crippen molar-refractivity contribution in [3.63, 3.8) is 0 Å². The molecule has 0 unspecified atom stereocenters. The summed E-state index contributed by atoms with van der Waals surface area (Å²) in [5.74, 6) is 1.67. The van der Waals surface area contributed by atoms with Crippen LogP contribution in [0.15, 0.2) is 0 Å². The average molecular weight is 247 g/mol. The molecule has 1 nitrogen and oxygen atoms in total. The van der Waals surface area contributed by atoms with Crippen molar-refractivity contribution in [3.8, 4) is 0 Å². The van der Waals surface area contributed by atoms with E-state index < -0.39 is 0 Å². The highest BCUT2D eigenvalue weighted by molar-refractivity contribution is 6.18. The van der Waals surface area contributed by atoms with E-state index in [1.807, 2.05) is 0 Å². The first-order valence-corrected chi connectivity index (χ1v) is 7.02. The second-order valence-corrected chi connectivity index (χ2v) is 6.78. The molecule has 0 aromatic rings. The molecule has 16 heavy (non-hydrogen) atoms. The van der Waals surface area contributed by atoms with E-state index in [9.17, 15) is 0 Å². The van der Waals surface area contributed by atoms with Crippen molar-refractivity contribution >= 4 is 11.6 Å². The minimum atomic E-state index is 0.360. The maximum Gasteiger partial charge on any atom is 0.0467 e. The third kappa shape index (κ3) is 3.63. The quantitative estimate of drug-likeness (QED) is 0.665. The fraction of sp³-hybridized carbons (Fsp3) is 1.00. The van der Waals surface area contributed by atoms with Crippen molar-refractivity contribution in [2.45, 2.75) is 52.9 Å². The molecule has 1 aliphatic rings. The maximum atomic E-state index is 6.18. The van der Waals surface area contributed by atoms with Gasteiger partial charge in [0.15, 0.2) is 0 Å². The van der Waals surface area contributed by atoms with Gasteiger partial charge >= 0.3 is 0 Å². The van der Waals surface area contributed by atoms with Gasteiger partial charge in [-0.15, -0.1) is 11.6 Å². The Bertz CT molecular complexity index is 199. The summed E-state index contributed by atoms with van der Waals surface area (Å²) in [7, 11) is 1.78. The predicted octanol–water partition coefficient (Wildman–Crippen LogP) is 4.48. The van der Waals surface area contributed by atoms with Gasteiger partial charge in [0.25, 0.3) is 0 Å². The highest BCUT2D eigenvalue weighted by atomic mass is 35.5. The zero-order valence-electron chi connectivity index (χ0n) is 11.3. The van der Waals surface area contributed by atoms with Gasteiger partial charge in [-0.2, -0.15) is 0 Å². The van der Waals surface area contributed by atoms with Crippen LogP contribution in [-0.4, -0.2) is 19.6 Å². The summed E-state index contributed by atoms with van der Waals surface area (Å²) in [6.45, 7) is 7.94. The summed E-state index contributed by atoms with van der Waals surface area (Å²) in [5, 5.41) is 0. The zero-order chi connectivity index (χ0) is 12.2. The van der Waals surface area contributed by atoms with Gasteiger partial charge in [0, 0.05) is 19.6 Å². The van der Waals surface area contributed by atoms with E-state index in [-0.39, 0.29) is 0 Å². The van der Waals surface area contributed by atoms with Crippen molar-refractivity contribution < 1.29 is 4.74 Å². The Kier molecular flexibility index (Phi) is 5.12. The van der Waals surface area contributed by atoms with E-state index >= 15 is 0 Å². The summed E-state index contributed by atoms with van der Waals surface area (Å²) >= 11 is 6.18. The number of methoxy groups -OCH3 is 1. The SMILES string of the molecule is COCCC1(CCl)CCC(C(C)(C)C)CC1. The smallest absolute Gasteiger partial charge is 0.0467 e. The van der Waals surface area contributed by atoms with E-state index in [0.717, 1.165) is 24.8 Å². The number of hydrogen-bond acceptors (Lipinski definition) is 1. The summed E-state index contributed by atoms with van der Waals surface area (Å²) < 4.78 is 5.21. The Hall–Kier alpha value is 0.250. The Morgan fingerprint density at radius 3 is 2.19 bits per heavy atom. The molecule has 0 aromatic heterocycles. The molecule has 0 atom stereocenters. The van der Waals surface area contributed by atoms with Gasteiger partial charge in [0.1, 0.15) is 0 Å². The van der Waals surface area contributed by atoms with Crippen LogP contribution in [-0.2, 0) is 4.74 Å². The second-order valence-electron chi connectivity index (χ2n) is 6.52. The molecule has 2 heteroatoms. The molecule has 0 radical (unpaired) electrons. The Morgan fingerprint density at radius 1 is 1.25 bits per heavy atom. The first-order valence-electron chi connectivity index (χ1n) is 6.48. The zero-order valence-corrected chi connectivity index (χ0v) is 12.1. The molecule has 1 fully saturated rings. The van der Waals surface area contributed by atoms with Crippen LogP contribution in [0, 0.1) is 16.7 Å². The van der Waals surface area contributed by atoms with Gasteiger partial charge in [-0.1, -0.05) is 20.8 Å². The molecule has 0 amide bonds. The monoisotopic (exact) mass is 246 g/mol. The van der Waals surface area contributed by atoms with E-state index in [2.05, 4.69) is 20.8 Å². The average Bonchev–Trinajstić information content (AvgIpc) is 2.26. The first-order chi connectivity index (χ1) is 7.43. The number of halogens is 1. The van der Waals surface area contributed by atoms with Crippen LogP contribution in [0.4, 0.5) is 0 Å². The van der Waals surface area contributed by atoms with Crippen LogP contribution in [0.3, 0.4) is 0 Å². The number of alkyl halides is 1. The van der Waals surface area contributed by atoms with Gasteiger partial charge in [-0.25, -0.2) is 0 Å². The van der Waals surface area contributed by atoms with E-state index in [1.54, 1.807) is 7.11 Å². The number of hydrogen-bond donors (Lipinski definition) is 0. The van der Waals surface area contributed by atoms with E-state index in [0.29, 0.717) is 10.8 Å². The third-order valence-corrected chi connectivity index (χ3v) is 4.96. The summed E-state index contributed by atoms with van der Waals surface area (Å²) in [6, 6.07) is 0. The Balaban J connectivity index is 2.50. The van der Waals surface area contributed by atoms with E-state index in [4.69, 9.17) is 16.3 Å². The molecule has 96 valence electrons. The third-order valence-electron chi connectivity index (χ3n) is 4.39. The molecular formula is C14H27ClO. The lowest BCUT2D eigenvalue weighted by Gasteiger charge is -2.43. The minimum Gasteiger partial charge on any atom is -0.385 e. The topological polar surface area (TPSA) is 9.23 Å². The van der Waals surface area contributed by atoms with Crippen molar-refractivity contribution in [1.82, 2.24) is 0 Å². The molecule has 0 bridgehead atoms. The van der Waals surface area contributed by atoms with Gasteiger partial charge in [-0.05, 0) is 48.9 Å². The standard InChI is InChI=1S/C14H27ClO/c1-13(2,3)12-5-7-14(11-15,8-6-12)9-10-16-4/h12H,5-11H2,1-4H3.